The second-order valence-electron chi connectivity index (χ2n) is 9.78. The summed E-state index contributed by atoms with van der Waals surface area (Å²) in [5.41, 5.74) is 1.15. The first-order valence-corrected chi connectivity index (χ1v) is 13.6. The number of anilines is 1. The van der Waals surface area contributed by atoms with Crippen molar-refractivity contribution < 1.29 is 24.1 Å². The highest BCUT2D eigenvalue weighted by atomic mass is 16.6. The molecule has 0 bridgehead atoms. The third-order valence-electron chi connectivity index (χ3n) is 7.34. The Bertz CT molecular complexity index is 1430. The van der Waals surface area contributed by atoms with Crippen molar-refractivity contribution in [1.29, 1.82) is 0 Å². The van der Waals surface area contributed by atoms with E-state index in [0.29, 0.717) is 12.4 Å². The Morgan fingerprint density at radius 3 is 2.05 bits per heavy atom. The second kappa shape index (κ2) is 12.6. The van der Waals surface area contributed by atoms with Crippen LogP contribution in [0.5, 0.6) is 11.5 Å². The molecule has 214 valence electrons. The summed E-state index contributed by atoms with van der Waals surface area (Å²) in [5, 5.41) is 14.0. The predicted molar refractivity (Wildman–Crippen MR) is 155 cm³/mol. The van der Waals surface area contributed by atoms with Crippen molar-refractivity contribution in [2.45, 2.75) is 37.4 Å². The fourth-order valence-corrected chi connectivity index (χ4v) is 5.23. The maximum atomic E-state index is 12.7. The van der Waals surface area contributed by atoms with E-state index in [1.807, 2.05) is 85.8 Å². The summed E-state index contributed by atoms with van der Waals surface area (Å²) in [5.74, 6) is 1.95. The monoisotopic (exact) mass is 557 g/mol. The molecule has 0 spiro atoms. The van der Waals surface area contributed by atoms with Gasteiger partial charge in [0.15, 0.2) is 0 Å². The van der Waals surface area contributed by atoms with Gasteiger partial charge in [0.1, 0.15) is 35.2 Å². The van der Waals surface area contributed by atoms with Gasteiger partial charge >= 0.3 is 5.69 Å². The van der Waals surface area contributed by atoms with Gasteiger partial charge in [0.25, 0.3) is 0 Å². The van der Waals surface area contributed by atoms with Gasteiger partial charge in [-0.25, -0.2) is 4.79 Å². The van der Waals surface area contributed by atoms with Crippen LogP contribution in [0.25, 0.3) is 0 Å². The lowest BCUT2D eigenvalue weighted by Gasteiger charge is -2.37. The predicted octanol–water partition coefficient (Wildman–Crippen LogP) is 4.35. The molecule has 0 amide bonds. The van der Waals surface area contributed by atoms with Crippen molar-refractivity contribution in [3.8, 4) is 11.5 Å². The Balaban J connectivity index is 1.50. The van der Waals surface area contributed by atoms with Gasteiger partial charge in [-0.2, -0.15) is 4.98 Å². The SMILES string of the molecule is CCNc1ccn(C2CC(O)C(COC(c3ccccc3)(c3ccc(OC)cc3)c3ccc(OC)cc3)O2)c(=O)n1. The average Bonchev–Trinajstić information content (AvgIpc) is 3.38. The molecule has 5 rings (SSSR count). The molecule has 1 saturated heterocycles. The molecule has 0 radical (unpaired) electrons. The van der Waals surface area contributed by atoms with E-state index in [9.17, 15) is 9.90 Å². The van der Waals surface area contributed by atoms with E-state index in [0.717, 1.165) is 28.2 Å². The average molecular weight is 558 g/mol. The van der Waals surface area contributed by atoms with Crippen molar-refractivity contribution in [3.05, 3.63) is 118 Å². The van der Waals surface area contributed by atoms with E-state index in [-0.39, 0.29) is 13.0 Å². The van der Waals surface area contributed by atoms with Crippen molar-refractivity contribution in [3.63, 3.8) is 0 Å². The Labute approximate surface area is 239 Å². The molecule has 3 unspecified atom stereocenters. The Morgan fingerprint density at radius 2 is 1.51 bits per heavy atom. The summed E-state index contributed by atoms with van der Waals surface area (Å²) >= 11 is 0. The van der Waals surface area contributed by atoms with Crippen LogP contribution in [0, 0.1) is 0 Å². The van der Waals surface area contributed by atoms with Gasteiger partial charge in [-0.3, -0.25) is 4.57 Å². The molecule has 2 N–H and O–H groups in total. The molecule has 1 aromatic heterocycles. The fraction of sp³-hybridized carbons (Fsp3) is 0.312. The molecule has 4 aromatic rings. The Morgan fingerprint density at radius 1 is 0.927 bits per heavy atom. The van der Waals surface area contributed by atoms with Gasteiger partial charge in [-0.1, -0.05) is 54.6 Å². The largest absolute Gasteiger partial charge is 0.497 e. The molecule has 2 heterocycles. The number of ether oxygens (including phenoxy) is 4. The standard InChI is InChI=1S/C32H35N3O6/c1-4-33-29-18-19-35(31(37)34-29)30-20-27(36)28(41-30)21-40-32(22-8-6-5-7-9-22,23-10-14-25(38-2)15-11-23)24-12-16-26(39-3)17-13-24/h5-19,27-28,30,36H,4,20-21H2,1-3H3,(H,33,34,37). The number of rotatable bonds is 11. The van der Waals surface area contributed by atoms with Gasteiger partial charge < -0.3 is 29.4 Å². The Kier molecular flexibility index (Phi) is 8.68. The van der Waals surface area contributed by atoms with Crippen LogP contribution in [-0.2, 0) is 15.1 Å². The quantitative estimate of drug-likeness (QED) is 0.263. The highest BCUT2D eigenvalue weighted by molar-refractivity contribution is 5.49. The lowest BCUT2D eigenvalue weighted by Crippen LogP contribution is -2.38. The number of aliphatic hydroxyl groups excluding tert-OH is 1. The van der Waals surface area contributed by atoms with E-state index >= 15 is 0 Å². The van der Waals surface area contributed by atoms with E-state index in [1.165, 1.54) is 4.57 Å². The lowest BCUT2D eigenvalue weighted by molar-refractivity contribution is -0.0944. The first-order chi connectivity index (χ1) is 20.0. The minimum absolute atomic E-state index is 0.0578. The van der Waals surface area contributed by atoms with Crippen molar-refractivity contribution in [2.24, 2.45) is 0 Å². The maximum absolute atomic E-state index is 12.7. The number of benzene rings is 3. The summed E-state index contributed by atoms with van der Waals surface area (Å²) < 4.78 is 25.3. The molecule has 1 aliphatic rings. The van der Waals surface area contributed by atoms with Crippen molar-refractivity contribution in [1.82, 2.24) is 9.55 Å². The summed E-state index contributed by atoms with van der Waals surface area (Å²) in [7, 11) is 3.26. The number of nitrogens with zero attached hydrogens (tertiary/aromatic N) is 2. The third-order valence-corrected chi connectivity index (χ3v) is 7.34. The number of methoxy groups -OCH3 is 2. The topological polar surface area (TPSA) is 104 Å². The van der Waals surface area contributed by atoms with Crippen LogP contribution in [-0.4, -0.2) is 54.2 Å². The number of nitrogens with one attached hydrogen (secondary N) is 1. The number of aromatic nitrogens is 2. The van der Waals surface area contributed by atoms with Crippen molar-refractivity contribution in [2.75, 3.05) is 32.7 Å². The third kappa shape index (κ3) is 5.83. The highest BCUT2D eigenvalue weighted by Gasteiger charge is 2.42. The maximum Gasteiger partial charge on any atom is 0.351 e. The van der Waals surface area contributed by atoms with E-state index in [2.05, 4.69) is 10.3 Å². The van der Waals surface area contributed by atoms with Gasteiger partial charge in [0.2, 0.25) is 0 Å². The highest BCUT2D eigenvalue weighted by Crippen LogP contribution is 2.42. The first kappa shape index (κ1) is 28.4. The number of hydrogen-bond acceptors (Lipinski definition) is 8. The lowest BCUT2D eigenvalue weighted by atomic mass is 9.80. The minimum Gasteiger partial charge on any atom is -0.497 e. The molecule has 41 heavy (non-hydrogen) atoms. The zero-order valence-electron chi connectivity index (χ0n) is 23.4. The molecular weight excluding hydrogens is 522 g/mol. The summed E-state index contributed by atoms with van der Waals surface area (Å²) in [6, 6.07) is 27.1. The smallest absolute Gasteiger partial charge is 0.351 e. The molecule has 1 aliphatic heterocycles. The molecule has 3 atom stereocenters. The van der Waals surface area contributed by atoms with Crippen LogP contribution in [0.3, 0.4) is 0 Å². The molecular formula is C32H35N3O6. The van der Waals surface area contributed by atoms with Gasteiger partial charge in [0.05, 0.1) is 26.9 Å². The van der Waals surface area contributed by atoms with Gasteiger partial charge in [-0.05, 0) is 53.9 Å². The summed E-state index contributed by atoms with van der Waals surface area (Å²) in [6.07, 6.45) is -0.320. The molecule has 1 fully saturated rings. The van der Waals surface area contributed by atoms with Crippen LogP contribution < -0.4 is 20.5 Å². The van der Waals surface area contributed by atoms with Crippen molar-refractivity contribution >= 4 is 5.82 Å². The zero-order chi connectivity index (χ0) is 28.8. The molecule has 0 aliphatic carbocycles. The zero-order valence-corrected chi connectivity index (χ0v) is 23.4. The molecule has 3 aromatic carbocycles. The van der Waals surface area contributed by atoms with E-state index < -0.39 is 29.7 Å². The summed E-state index contributed by atoms with van der Waals surface area (Å²) in [6.45, 7) is 2.64. The molecule has 9 nitrogen and oxygen atoms in total. The summed E-state index contributed by atoms with van der Waals surface area (Å²) in [4.78, 5) is 16.8. The number of hydrogen-bond donors (Lipinski definition) is 2. The number of aliphatic hydroxyl groups is 1. The fourth-order valence-electron chi connectivity index (χ4n) is 5.23. The minimum atomic E-state index is -1.05. The molecule has 0 saturated carbocycles. The van der Waals surface area contributed by atoms with Gasteiger partial charge in [0, 0.05) is 19.2 Å². The van der Waals surface area contributed by atoms with Crippen LogP contribution >= 0.6 is 0 Å². The van der Waals surface area contributed by atoms with Gasteiger partial charge in [-0.15, -0.1) is 0 Å². The van der Waals surface area contributed by atoms with Crippen LogP contribution in [0.2, 0.25) is 0 Å². The normalized spacial score (nSPS) is 18.7. The molecule has 9 heteroatoms. The van der Waals surface area contributed by atoms with Crippen LogP contribution in [0.15, 0.2) is 95.9 Å². The van der Waals surface area contributed by atoms with E-state index in [1.54, 1.807) is 26.5 Å². The van der Waals surface area contributed by atoms with Crippen LogP contribution in [0.1, 0.15) is 36.3 Å². The van der Waals surface area contributed by atoms with Crippen LogP contribution in [0.4, 0.5) is 5.82 Å². The Hall–Kier alpha value is -4.18. The second-order valence-corrected chi connectivity index (χ2v) is 9.78. The van der Waals surface area contributed by atoms with E-state index in [4.69, 9.17) is 18.9 Å². The first-order valence-electron chi connectivity index (χ1n) is 13.6.